The molecule has 0 aliphatic carbocycles. The van der Waals surface area contributed by atoms with Crippen LogP contribution in [0.3, 0.4) is 0 Å². The molecule has 1 rings (SSSR count). The van der Waals surface area contributed by atoms with Crippen LogP contribution in [0, 0.1) is 10.1 Å². The van der Waals surface area contributed by atoms with E-state index in [0.29, 0.717) is 0 Å². The van der Waals surface area contributed by atoms with E-state index in [1.165, 1.54) is 0 Å². The van der Waals surface area contributed by atoms with Gasteiger partial charge in [0.1, 0.15) is 5.75 Å². The Morgan fingerprint density at radius 3 is 2.56 bits per heavy atom. The number of hydrogen-bond donors (Lipinski definition) is 0. The fourth-order valence-electron chi connectivity index (χ4n) is 1.11. The Morgan fingerprint density at radius 2 is 2.12 bits per heavy atom. The topological polar surface area (TPSA) is 69.4 Å². The van der Waals surface area contributed by atoms with Gasteiger partial charge in [-0.05, 0) is 13.0 Å². The van der Waals surface area contributed by atoms with Gasteiger partial charge in [-0.3, -0.25) is 14.9 Å². The second-order valence-electron chi connectivity index (χ2n) is 2.87. The number of nitro groups is 1. The number of hydrogen-bond acceptors (Lipinski definition) is 4. The van der Waals surface area contributed by atoms with Crippen LogP contribution in [0.1, 0.15) is 17.3 Å². The van der Waals surface area contributed by atoms with Crippen molar-refractivity contribution in [2.24, 2.45) is 0 Å². The van der Waals surface area contributed by atoms with Gasteiger partial charge in [-0.25, -0.2) is 0 Å². The Kier molecular flexibility index (Phi) is 3.49. The van der Waals surface area contributed by atoms with Gasteiger partial charge in [0.2, 0.25) is 0 Å². The normalized spacial score (nSPS) is 10.2. The number of nitrogens with zero attached hydrogens (tertiary/aromatic N) is 1. The first kappa shape index (κ1) is 12.0. The molecule has 0 aromatic heterocycles. The zero-order chi connectivity index (χ0) is 12.3. The fraction of sp³-hybridized carbons (Fsp3) is 0.222. The van der Waals surface area contributed by atoms with Crippen molar-refractivity contribution >= 4 is 11.5 Å². The molecule has 0 fully saturated rings. The zero-order valence-corrected chi connectivity index (χ0v) is 8.15. The van der Waals surface area contributed by atoms with Gasteiger partial charge in [-0.2, -0.15) is 8.78 Å². The summed E-state index contributed by atoms with van der Waals surface area (Å²) >= 11 is 0. The summed E-state index contributed by atoms with van der Waals surface area (Å²) in [4.78, 5) is 20.7. The van der Waals surface area contributed by atoms with Crippen LogP contribution in [0.25, 0.3) is 0 Å². The van der Waals surface area contributed by atoms with Gasteiger partial charge in [-0.1, -0.05) is 0 Å². The molecule has 0 bridgehead atoms. The van der Waals surface area contributed by atoms with E-state index in [-0.39, 0.29) is 5.56 Å². The van der Waals surface area contributed by atoms with Crippen LogP contribution < -0.4 is 4.74 Å². The number of nitro benzene ring substituents is 1. The highest BCUT2D eigenvalue weighted by Crippen LogP contribution is 2.26. The molecule has 0 aliphatic heterocycles. The third-order valence-electron chi connectivity index (χ3n) is 1.77. The molecule has 7 heteroatoms. The lowest BCUT2D eigenvalue weighted by atomic mass is 10.1. The van der Waals surface area contributed by atoms with Gasteiger partial charge < -0.3 is 4.74 Å². The molecule has 0 spiro atoms. The highest BCUT2D eigenvalue weighted by Gasteiger charge is 2.17. The second kappa shape index (κ2) is 4.65. The Bertz CT molecular complexity index is 434. The minimum atomic E-state index is -3.14. The van der Waals surface area contributed by atoms with Crippen molar-refractivity contribution in [2.45, 2.75) is 13.5 Å². The molecule has 0 saturated carbocycles. The van der Waals surface area contributed by atoms with Crippen LogP contribution in [-0.4, -0.2) is 17.3 Å². The number of carbonyl (C=O) groups is 1. The second-order valence-corrected chi connectivity index (χ2v) is 2.87. The van der Waals surface area contributed by atoms with Crippen LogP contribution in [0.15, 0.2) is 18.2 Å². The van der Waals surface area contributed by atoms with Gasteiger partial charge >= 0.3 is 6.61 Å². The molecule has 0 heterocycles. The number of non-ortho nitro benzene ring substituents is 1. The lowest BCUT2D eigenvalue weighted by Crippen LogP contribution is -2.07. The fourth-order valence-corrected chi connectivity index (χ4v) is 1.11. The first-order chi connectivity index (χ1) is 7.41. The lowest BCUT2D eigenvalue weighted by molar-refractivity contribution is -0.385. The summed E-state index contributed by atoms with van der Waals surface area (Å²) in [7, 11) is 0. The minimum absolute atomic E-state index is 0.120. The molecule has 0 amide bonds. The Hall–Kier alpha value is -2.05. The number of ether oxygens (including phenoxy) is 1. The highest BCUT2D eigenvalue weighted by molar-refractivity contribution is 5.97. The molecule has 86 valence electrons. The van der Waals surface area contributed by atoms with Crippen LogP contribution >= 0.6 is 0 Å². The largest absolute Gasteiger partial charge is 0.434 e. The van der Waals surface area contributed by atoms with Crippen molar-refractivity contribution in [2.75, 3.05) is 0 Å². The van der Waals surface area contributed by atoms with Gasteiger partial charge in [0, 0.05) is 6.07 Å². The van der Waals surface area contributed by atoms with Crippen LogP contribution in [0.2, 0.25) is 0 Å². The summed E-state index contributed by atoms with van der Waals surface area (Å²) in [5.41, 5.74) is -0.536. The molecular weight excluding hydrogens is 224 g/mol. The number of benzene rings is 1. The lowest BCUT2D eigenvalue weighted by Gasteiger charge is -2.07. The number of halogens is 2. The number of alkyl halides is 2. The van der Waals surface area contributed by atoms with Gasteiger partial charge in [0.05, 0.1) is 16.6 Å². The van der Waals surface area contributed by atoms with Gasteiger partial charge in [0.25, 0.3) is 5.69 Å². The van der Waals surface area contributed by atoms with Crippen molar-refractivity contribution in [3.63, 3.8) is 0 Å². The van der Waals surface area contributed by atoms with Crippen LogP contribution in [0.5, 0.6) is 5.75 Å². The van der Waals surface area contributed by atoms with E-state index in [1.54, 1.807) is 0 Å². The third-order valence-corrected chi connectivity index (χ3v) is 1.77. The average Bonchev–Trinajstić information content (AvgIpc) is 2.15. The summed E-state index contributed by atoms with van der Waals surface area (Å²) in [6, 6.07) is 2.93. The molecule has 0 radical (unpaired) electrons. The highest BCUT2D eigenvalue weighted by atomic mass is 19.3. The SMILES string of the molecule is CC(=O)c1ccc([N+](=O)[O-])cc1OC(F)F. The molecular formula is C9H7F2NO4. The van der Waals surface area contributed by atoms with Crippen molar-refractivity contribution in [3.8, 4) is 5.75 Å². The average molecular weight is 231 g/mol. The maximum atomic E-state index is 12.0. The van der Waals surface area contributed by atoms with E-state index in [0.717, 1.165) is 25.1 Å². The first-order valence-corrected chi connectivity index (χ1v) is 4.16. The maximum absolute atomic E-state index is 12.0. The Labute approximate surface area is 88.8 Å². The van der Waals surface area contributed by atoms with Crippen molar-refractivity contribution in [1.29, 1.82) is 0 Å². The summed E-state index contributed by atoms with van der Waals surface area (Å²) in [5, 5.41) is 10.4. The number of rotatable bonds is 4. The standard InChI is InChI=1S/C9H7F2NO4/c1-5(13)7-3-2-6(12(14)15)4-8(7)16-9(10)11/h2-4,9H,1H3. The third kappa shape index (κ3) is 2.72. The number of Topliss-reactive ketones (excluding diaryl/α,β-unsaturated/α-hetero) is 1. The molecule has 0 N–H and O–H groups in total. The van der Waals surface area contributed by atoms with Crippen LogP contribution in [0.4, 0.5) is 14.5 Å². The molecule has 0 atom stereocenters. The van der Waals surface area contributed by atoms with Gasteiger partial charge in [0.15, 0.2) is 5.78 Å². The smallest absolute Gasteiger partial charge is 0.387 e. The van der Waals surface area contributed by atoms with Crippen LogP contribution in [-0.2, 0) is 0 Å². The van der Waals surface area contributed by atoms with E-state index in [9.17, 15) is 23.7 Å². The summed E-state index contributed by atoms with van der Waals surface area (Å²) in [6.45, 7) is -1.99. The minimum Gasteiger partial charge on any atom is -0.434 e. The van der Waals surface area contributed by atoms with Crippen molar-refractivity contribution in [1.82, 2.24) is 0 Å². The quantitative estimate of drug-likeness (QED) is 0.453. The molecule has 0 saturated heterocycles. The molecule has 0 unspecified atom stereocenters. The summed E-state index contributed by atoms with van der Waals surface area (Å²) < 4.78 is 28.0. The predicted molar refractivity (Wildman–Crippen MR) is 49.7 cm³/mol. The Balaban J connectivity index is 3.21. The van der Waals surface area contributed by atoms with E-state index in [1.807, 2.05) is 0 Å². The molecule has 0 aliphatic rings. The van der Waals surface area contributed by atoms with Crippen molar-refractivity contribution < 1.29 is 23.2 Å². The Morgan fingerprint density at radius 1 is 1.50 bits per heavy atom. The number of ketones is 1. The molecule has 1 aromatic rings. The van der Waals surface area contributed by atoms with E-state index in [4.69, 9.17) is 0 Å². The van der Waals surface area contributed by atoms with E-state index >= 15 is 0 Å². The summed E-state index contributed by atoms with van der Waals surface area (Å²) in [5.74, 6) is -0.998. The first-order valence-electron chi connectivity index (χ1n) is 4.16. The molecule has 1 aromatic carbocycles. The zero-order valence-electron chi connectivity index (χ0n) is 8.15. The van der Waals surface area contributed by atoms with Gasteiger partial charge in [-0.15, -0.1) is 0 Å². The summed E-state index contributed by atoms with van der Waals surface area (Å²) in [6.07, 6.45) is 0. The maximum Gasteiger partial charge on any atom is 0.387 e. The van der Waals surface area contributed by atoms with E-state index in [2.05, 4.69) is 4.74 Å². The monoisotopic (exact) mass is 231 g/mol. The molecule has 5 nitrogen and oxygen atoms in total. The predicted octanol–water partition coefficient (Wildman–Crippen LogP) is 2.40. The number of carbonyl (C=O) groups excluding carboxylic acids is 1. The molecule has 16 heavy (non-hydrogen) atoms. The van der Waals surface area contributed by atoms with Crippen molar-refractivity contribution in [3.05, 3.63) is 33.9 Å². The van der Waals surface area contributed by atoms with E-state index < -0.39 is 28.8 Å².